The topological polar surface area (TPSA) is 9.23 Å². The third-order valence-corrected chi connectivity index (χ3v) is 1.54. The normalized spacial score (nSPS) is 13.4. The van der Waals surface area contributed by atoms with Crippen molar-refractivity contribution in [3.63, 3.8) is 0 Å². The van der Waals surface area contributed by atoms with Gasteiger partial charge in [-0.2, -0.15) is 13.2 Å². The average molecular weight is 271 g/mol. The van der Waals surface area contributed by atoms with E-state index >= 15 is 0 Å². The molecule has 0 aromatic heterocycles. The molecule has 0 saturated carbocycles. The largest absolute Gasteiger partial charge is 0.485 e. The Labute approximate surface area is 89.1 Å². The van der Waals surface area contributed by atoms with Crippen LogP contribution < -0.4 is 0 Å². The van der Waals surface area contributed by atoms with Crippen LogP contribution in [0.5, 0.6) is 0 Å². The highest BCUT2D eigenvalue weighted by Crippen LogP contribution is 2.17. The van der Waals surface area contributed by atoms with Gasteiger partial charge in [-0.05, 0) is 13.0 Å². The minimum Gasteiger partial charge on any atom is -0.485 e. The molecule has 0 rings (SSSR count). The molecule has 0 aromatic rings. The van der Waals surface area contributed by atoms with Crippen molar-refractivity contribution in [1.82, 2.24) is 0 Å². The summed E-state index contributed by atoms with van der Waals surface area (Å²) >= 11 is 3.11. The van der Waals surface area contributed by atoms with E-state index in [0.29, 0.717) is 4.48 Å². The lowest BCUT2D eigenvalue weighted by molar-refractivity contribution is -0.163. The second-order valence-corrected chi connectivity index (χ2v) is 3.32. The van der Waals surface area contributed by atoms with Crippen LogP contribution in [0.1, 0.15) is 6.92 Å². The van der Waals surface area contributed by atoms with E-state index in [1.54, 1.807) is 19.1 Å². The fourth-order valence-corrected chi connectivity index (χ4v) is 1.10. The van der Waals surface area contributed by atoms with E-state index in [9.17, 15) is 13.2 Å². The molecule has 0 radical (unpaired) electrons. The van der Waals surface area contributed by atoms with E-state index in [0.717, 1.165) is 0 Å². The summed E-state index contributed by atoms with van der Waals surface area (Å²) < 4.78 is 40.0. The molecule has 80 valence electrons. The summed E-state index contributed by atoms with van der Waals surface area (Å²) in [4.78, 5) is 0. The summed E-state index contributed by atoms with van der Waals surface area (Å²) in [6.07, 6.45) is 0.440. The average Bonchev–Trinajstić information content (AvgIpc) is 2.00. The van der Waals surface area contributed by atoms with E-state index in [1.807, 2.05) is 0 Å². The van der Waals surface area contributed by atoms with Crippen LogP contribution in [0, 0.1) is 0 Å². The first-order valence-electron chi connectivity index (χ1n) is 3.73. The zero-order valence-corrected chi connectivity index (χ0v) is 9.15. The lowest BCUT2D eigenvalue weighted by Gasteiger charge is -2.08. The smallest absolute Gasteiger partial charge is 0.422 e. The van der Waals surface area contributed by atoms with Gasteiger partial charge in [-0.1, -0.05) is 34.7 Å². The van der Waals surface area contributed by atoms with E-state index in [2.05, 4.69) is 27.2 Å². The molecular formula is C9H10BrF3O. The molecule has 0 aliphatic rings. The quantitative estimate of drug-likeness (QED) is 0.556. The third-order valence-electron chi connectivity index (χ3n) is 1.05. The van der Waals surface area contributed by atoms with Crippen molar-refractivity contribution in [2.24, 2.45) is 0 Å². The van der Waals surface area contributed by atoms with Crippen molar-refractivity contribution in [3.05, 3.63) is 35.0 Å². The van der Waals surface area contributed by atoms with Gasteiger partial charge in [-0.25, -0.2) is 0 Å². The monoisotopic (exact) mass is 270 g/mol. The number of hydrogen-bond acceptors (Lipinski definition) is 1. The maximum atomic E-state index is 11.7. The van der Waals surface area contributed by atoms with Gasteiger partial charge in [-0.15, -0.1) is 0 Å². The Balaban J connectivity index is 4.05. The number of ether oxygens (including phenoxy) is 1. The fraction of sp³-hybridized carbons (Fsp3) is 0.333. The van der Waals surface area contributed by atoms with Crippen LogP contribution in [0.15, 0.2) is 35.0 Å². The SMILES string of the molecule is C=C(/C=C(Br)\C=C/C)OCC(F)(F)F. The van der Waals surface area contributed by atoms with Crippen molar-refractivity contribution in [3.8, 4) is 0 Å². The molecule has 1 nitrogen and oxygen atoms in total. The van der Waals surface area contributed by atoms with Gasteiger partial charge in [-0.3, -0.25) is 0 Å². The summed E-state index contributed by atoms with van der Waals surface area (Å²) in [5.74, 6) is -0.0349. The Bertz CT molecular complexity index is 253. The van der Waals surface area contributed by atoms with Crippen LogP contribution in [-0.2, 0) is 4.74 Å². The summed E-state index contributed by atoms with van der Waals surface area (Å²) in [5, 5.41) is 0. The molecule has 0 N–H and O–H groups in total. The van der Waals surface area contributed by atoms with Crippen molar-refractivity contribution in [2.45, 2.75) is 13.1 Å². The Morgan fingerprint density at radius 2 is 2.07 bits per heavy atom. The van der Waals surface area contributed by atoms with Crippen LogP contribution >= 0.6 is 15.9 Å². The van der Waals surface area contributed by atoms with Gasteiger partial charge in [0.15, 0.2) is 6.61 Å². The summed E-state index contributed by atoms with van der Waals surface area (Å²) in [6.45, 7) is 3.78. The van der Waals surface area contributed by atoms with Crippen molar-refractivity contribution in [1.29, 1.82) is 0 Å². The van der Waals surface area contributed by atoms with Crippen molar-refractivity contribution < 1.29 is 17.9 Å². The molecule has 0 heterocycles. The molecule has 0 spiro atoms. The maximum absolute atomic E-state index is 11.7. The van der Waals surface area contributed by atoms with Gasteiger partial charge < -0.3 is 4.74 Å². The van der Waals surface area contributed by atoms with Crippen LogP contribution in [-0.4, -0.2) is 12.8 Å². The van der Waals surface area contributed by atoms with Crippen LogP contribution in [0.25, 0.3) is 0 Å². The van der Waals surface area contributed by atoms with Gasteiger partial charge in [0.25, 0.3) is 0 Å². The highest BCUT2D eigenvalue weighted by atomic mass is 79.9. The standard InChI is InChI=1S/C9H10BrF3O/c1-3-4-8(10)5-7(2)14-6-9(11,12)13/h3-5H,2,6H2,1H3/b4-3-,8-5+. The summed E-state index contributed by atoms with van der Waals surface area (Å²) in [5.41, 5.74) is 0. The minimum atomic E-state index is -4.33. The molecule has 14 heavy (non-hydrogen) atoms. The molecule has 0 unspecified atom stereocenters. The molecule has 0 saturated heterocycles. The Morgan fingerprint density at radius 1 is 1.50 bits per heavy atom. The molecule has 5 heteroatoms. The Kier molecular flexibility index (Phi) is 5.60. The van der Waals surface area contributed by atoms with Gasteiger partial charge >= 0.3 is 6.18 Å². The summed E-state index contributed by atoms with van der Waals surface area (Å²) in [7, 11) is 0. The predicted molar refractivity (Wildman–Crippen MR) is 53.0 cm³/mol. The zero-order chi connectivity index (χ0) is 11.2. The fourth-order valence-electron chi connectivity index (χ4n) is 0.577. The minimum absolute atomic E-state index is 0.0349. The number of allylic oxidation sites excluding steroid dienone is 4. The first kappa shape index (κ1) is 13.3. The number of alkyl halides is 3. The van der Waals surface area contributed by atoms with Gasteiger partial charge in [0.2, 0.25) is 0 Å². The molecule has 0 aliphatic carbocycles. The second-order valence-electron chi connectivity index (χ2n) is 2.40. The molecule has 0 aliphatic heterocycles. The van der Waals surface area contributed by atoms with Gasteiger partial charge in [0.1, 0.15) is 5.76 Å². The molecule has 0 aromatic carbocycles. The lowest BCUT2D eigenvalue weighted by atomic mass is 10.4. The van der Waals surface area contributed by atoms with Crippen LogP contribution in [0.4, 0.5) is 13.2 Å². The number of rotatable bonds is 4. The number of halogens is 4. The second kappa shape index (κ2) is 5.90. The molecular weight excluding hydrogens is 261 g/mol. The first-order valence-corrected chi connectivity index (χ1v) is 4.53. The zero-order valence-electron chi connectivity index (χ0n) is 7.57. The van der Waals surface area contributed by atoms with Gasteiger partial charge in [0, 0.05) is 4.48 Å². The van der Waals surface area contributed by atoms with E-state index in [4.69, 9.17) is 0 Å². The van der Waals surface area contributed by atoms with Crippen LogP contribution in [0.3, 0.4) is 0 Å². The van der Waals surface area contributed by atoms with E-state index in [1.165, 1.54) is 6.08 Å². The molecule has 0 fully saturated rings. The third kappa shape index (κ3) is 7.91. The van der Waals surface area contributed by atoms with E-state index < -0.39 is 12.8 Å². The Morgan fingerprint density at radius 3 is 2.50 bits per heavy atom. The van der Waals surface area contributed by atoms with Crippen molar-refractivity contribution in [2.75, 3.05) is 6.61 Å². The molecule has 0 atom stereocenters. The van der Waals surface area contributed by atoms with Crippen LogP contribution in [0.2, 0.25) is 0 Å². The molecule has 0 amide bonds. The first-order chi connectivity index (χ1) is 6.35. The maximum Gasteiger partial charge on any atom is 0.422 e. The summed E-state index contributed by atoms with van der Waals surface area (Å²) in [6, 6.07) is 0. The predicted octanol–water partition coefficient (Wildman–Crippen LogP) is 3.93. The highest BCUT2D eigenvalue weighted by molar-refractivity contribution is 9.11. The van der Waals surface area contributed by atoms with E-state index in [-0.39, 0.29) is 5.76 Å². The highest BCUT2D eigenvalue weighted by Gasteiger charge is 2.28. The van der Waals surface area contributed by atoms with Crippen molar-refractivity contribution >= 4 is 15.9 Å². The lowest BCUT2D eigenvalue weighted by Crippen LogP contribution is -2.16. The Hall–Kier alpha value is -0.710. The van der Waals surface area contributed by atoms with Gasteiger partial charge in [0.05, 0.1) is 0 Å². The number of hydrogen-bond donors (Lipinski definition) is 0. The molecule has 0 bridgehead atoms.